The van der Waals surface area contributed by atoms with E-state index in [9.17, 15) is 10.2 Å². The van der Waals surface area contributed by atoms with Crippen molar-refractivity contribution < 1.29 is 20.4 Å². The lowest BCUT2D eigenvalue weighted by atomic mass is 9.87. The summed E-state index contributed by atoms with van der Waals surface area (Å²) in [6, 6.07) is 8.71. The van der Waals surface area contributed by atoms with Crippen LogP contribution >= 0.6 is 0 Å². The lowest BCUT2D eigenvalue weighted by molar-refractivity contribution is -0.0450. The van der Waals surface area contributed by atoms with Crippen molar-refractivity contribution in [3.63, 3.8) is 0 Å². The van der Waals surface area contributed by atoms with E-state index in [2.05, 4.69) is 0 Å². The molecule has 4 N–H and O–H groups in total. The Bertz CT molecular complexity index is 439. The Morgan fingerprint density at radius 1 is 1.16 bits per heavy atom. The quantitative estimate of drug-likeness (QED) is 0.660. The number of allylic oxidation sites excluding steroid dienone is 2. The van der Waals surface area contributed by atoms with Gasteiger partial charge in [0.05, 0.1) is 0 Å². The van der Waals surface area contributed by atoms with Gasteiger partial charge in [-0.1, -0.05) is 37.6 Å². The van der Waals surface area contributed by atoms with Crippen LogP contribution < -0.4 is 0 Å². The summed E-state index contributed by atoms with van der Waals surface area (Å²) in [7, 11) is 0. The first-order valence-electron chi connectivity index (χ1n) is 6.22. The number of aliphatic hydroxyl groups excluding tert-OH is 2. The molecule has 1 aromatic carbocycles. The van der Waals surface area contributed by atoms with Crippen molar-refractivity contribution in [1.29, 1.82) is 0 Å². The van der Waals surface area contributed by atoms with Gasteiger partial charge in [-0.25, -0.2) is 0 Å². The van der Waals surface area contributed by atoms with Gasteiger partial charge < -0.3 is 20.4 Å². The first-order chi connectivity index (χ1) is 8.99. The zero-order chi connectivity index (χ0) is 14.3. The molecule has 0 amide bonds. The number of benzene rings is 1. The van der Waals surface area contributed by atoms with Gasteiger partial charge in [0, 0.05) is 0 Å². The Balaban J connectivity index is 0.000000218. The van der Waals surface area contributed by atoms with Gasteiger partial charge in [0.2, 0.25) is 0 Å². The summed E-state index contributed by atoms with van der Waals surface area (Å²) in [6.45, 7) is 1.91. The van der Waals surface area contributed by atoms with Crippen molar-refractivity contribution in [2.45, 2.75) is 31.5 Å². The number of para-hydroxylation sites is 1. The van der Waals surface area contributed by atoms with E-state index >= 15 is 0 Å². The van der Waals surface area contributed by atoms with Gasteiger partial charge in [-0.3, -0.25) is 0 Å². The molecule has 4 heteroatoms. The Labute approximate surface area is 113 Å². The van der Waals surface area contributed by atoms with Crippen molar-refractivity contribution in [3.05, 3.63) is 54.3 Å². The lowest BCUT2D eigenvalue weighted by Crippen LogP contribution is -2.42. The highest BCUT2D eigenvalue weighted by Crippen LogP contribution is 2.26. The Morgan fingerprint density at radius 2 is 1.79 bits per heavy atom. The monoisotopic (exact) mass is 264 g/mol. The fourth-order valence-corrected chi connectivity index (χ4v) is 1.80. The molecule has 2 unspecified atom stereocenters. The molecule has 0 aromatic heterocycles. The van der Waals surface area contributed by atoms with Crippen molar-refractivity contribution in [1.82, 2.24) is 0 Å². The smallest absolute Gasteiger partial charge is 0.143 e. The van der Waals surface area contributed by atoms with Gasteiger partial charge in [0.25, 0.3) is 0 Å². The van der Waals surface area contributed by atoms with E-state index in [1.54, 1.807) is 30.3 Å². The zero-order valence-corrected chi connectivity index (χ0v) is 10.9. The maximum Gasteiger partial charge on any atom is 0.143 e. The van der Waals surface area contributed by atoms with Crippen LogP contribution in [0.3, 0.4) is 0 Å². The molecular formula is C15H20O4. The van der Waals surface area contributed by atoms with Gasteiger partial charge >= 0.3 is 0 Å². The highest BCUT2D eigenvalue weighted by Gasteiger charge is 2.36. The Hall–Kier alpha value is -1.78. The summed E-state index contributed by atoms with van der Waals surface area (Å²) in [6.07, 6.45) is 4.48. The lowest BCUT2D eigenvalue weighted by Gasteiger charge is -2.31. The number of phenols is 1. The summed E-state index contributed by atoms with van der Waals surface area (Å²) in [5.41, 5.74) is -1.28. The minimum Gasteiger partial charge on any atom is -0.509 e. The number of aliphatic hydroxyl groups is 3. The molecule has 0 saturated heterocycles. The van der Waals surface area contributed by atoms with Crippen LogP contribution in [0.4, 0.5) is 0 Å². The molecule has 4 nitrogen and oxygen atoms in total. The van der Waals surface area contributed by atoms with Gasteiger partial charge in [-0.2, -0.15) is 0 Å². The van der Waals surface area contributed by atoms with Crippen LogP contribution in [0.1, 0.15) is 19.8 Å². The highest BCUT2D eigenvalue weighted by molar-refractivity contribution is 5.25. The standard InChI is InChI=1S/C9H14O3.C6H6O/c1-2-5-9(12)6-3-4-7(10)8(9)11;7-6-4-2-1-3-5-6/h3-4,6,8,10-12H,2,5H2,1H3;1-5,7H. The maximum atomic E-state index is 9.77. The second-order valence-electron chi connectivity index (χ2n) is 4.43. The summed E-state index contributed by atoms with van der Waals surface area (Å²) in [4.78, 5) is 0. The molecule has 0 heterocycles. The van der Waals surface area contributed by atoms with E-state index in [0.717, 1.165) is 6.42 Å². The SMILES string of the molecule is CCCC1(O)C=CC=C(O)C1O.Oc1ccccc1. The Kier molecular flexibility index (Phi) is 5.60. The van der Waals surface area contributed by atoms with Gasteiger partial charge in [-0.15, -0.1) is 0 Å². The predicted molar refractivity (Wildman–Crippen MR) is 73.8 cm³/mol. The second kappa shape index (κ2) is 6.97. The van der Waals surface area contributed by atoms with Gasteiger partial charge in [-0.05, 0) is 30.7 Å². The molecule has 2 atom stereocenters. The van der Waals surface area contributed by atoms with Gasteiger partial charge in [0.1, 0.15) is 23.2 Å². The van der Waals surface area contributed by atoms with Crippen LogP contribution in [0.2, 0.25) is 0 Å². The first kappa shape index (κ1) is 15.3. The number of hydrogen-bond acceptors (Lipinski definition) is 4. The van der Waals surface area contributed by atoms with Crippen LogP contribution in [0.25, 0.3) is 0 Å². The number of aromatic hydroxyl groups is 1. The maximum absolute atomic E-state index is 9.77. The van der Waals surface area contributed by atoms with E-state index in [1.807, 2.05) is 13.0 Å². The minimum atomic E-state index is -1.28. The summed E-state index contributed by atoms with van der Waals surface area (Å²) < 4.78 is 0. The van der Waals surface area contributed by atoms with E-state index in [0.29, 0.717) is 12.2 Å². The van der Waals surface area contributed by atoms with Crippen molar-refractivity contribution >= 4 is 0 Å². The number of hydrogen-bond donors (Lipinski definition) is 4. The number of phenolic OH excluding ortho intramolecular Hbond substituents is 1. The van der Waals surface area contributed by atoms with Crippen molar-refractivity contribution in [2.75, 3.05) is 0 Å². The summed E-state index contributed by atoms with van der Waals surface area (Å²) in [5, 5.41) is 37.0. The average molecular weight is 264 g/mol. The molecule has 19 heavy (non-hydrogen) atoms. The van der Waals surface area contributed by atoms with Crippen LogP contribution in [-0.4, -0.2) is 32.1 Å². The second-order valence-corrected chi connectivity index (χ2v) is 4.43. The van der Waals surface area contributed by atoms with E-state index < -0.39 is 11.7 Å². The molecule has 0 saturated carbocycles. The Morgan fingerprint density at radius 3 is 2.26 bits per heavy atom. The molecule has 0 aliphatic heterocycles. The van der Waals surface area contributed by atoms with Crippen LogP contribution in [0.5, 0.6) is 5.75 Å². The predicted octanol–water partition coefficient (Wildman–Crippen LogP) is 2.28. The molecule has 1 aliphatic carbocycles. The largest absolute Gasteiger partial charge is 0.509 e. The minimum absolute atomic E-state index is 0.173. The van der Waals surface area contributed by atoms with Crippen LogP contribution in [0, 0.1) is 0 Å². The van der Waals surface area contributed by atoms with Crippen LogP contribution in [0.15, 0.2) is 54.3 Å². The normalized spacial score (nSPS) is 25.2. The molecule has 1 aliphatic rings. The summed E-state index contributed by atoms with van der Waals surface area (Å²) in [5.74, 6) is 0.149. The van der Waals surface area contributed by atoms with Crippen LogP contribution in [-0.2, 0) is 0 Å². The molecule has 0 spiro atoms. The van der Waals surface area contributed by atoms with E-state index in [4.69, 9.17) is 10.2 Å². The topological polar surface area (TPSA) is 80.9 Å². The van der Waals surface area contributed by atoms with Crippen molar-refractivity contribution in [3.8, 4) is 5.75 Å². The third-order valence-electron chi connectivity index (χ3n) is 2.81. The first-order valence-corrected chi connectivity index (χ1v) is 6.22. The van der Waals surface area contributed by atoms with Gasteiger partial charge in [0.15, 0.2) is 0 Å². The molecule has 0 radical (unpaired) electrons. The zero-order valence-electron chi connectivity index (χ0n) is 10.9. The summed E-state index contributed by atoms with van der Waals surface area (Å²) >= 11 is 0. The number of rotatable bonds is 2. The van der Waals surface area contributed by atoms with E-state index in [-0.39, 0.29) is 5.76 Å². The molecular weight excluding hydrogens is 244 g/mol. The third-order valence-corrected chi connectivity index (χ3v) is 2.81. The molecule has 0 bridgehead atoms. The fourth-order valence-electron chi connectivity index (χ4n) is 1.80. The molecule has 104 valence electrons. The van der Waals surface area contributed by atoms with E-state index in [1.165, 1.54) is 12.2 Å². The molecule has 1 aromatic rings. The molecule has 2 rings (SSSR count). The van der Waals surface area contributed by atoms with Crippen molar-refractivity contribution in [2.24, 2.45) is 0 Å². The average Bonchev–Trinajstić information content (AvgIpc) is 2.38. The molecule has 0 fully saturated rings. The fraction of sp³-hybridized carbons (Fsp3) is 0.333. The third kappa shape index (κ3) is 4.43. The highest BCUT2D eigenvalue weighted by atomic mass is 16.4.